The van der Waals surface area contributed by atoms with Crippen molar-refractivity contribution in [2.24, 2.45) is 0 Å². The molecule has 4 nitrogen and oxygen atoms in total. The molecule has 0 aliphatic carbocycles. The van der Waals surface area contributed by atoms with Gasteiger partial charge in [-0.05, 0) is 17.7 Å². The summed E-state index contributed by atoms with van der Waals surface area (Å²) in [5.41, 5.74) is 2.21. The number of ether oxygens (including phenoxy) is 2. The van der Waals surface area contributed by atoms with Gasteiger partial charge in [0.25, 0.3) is 0 Å². The zero-order chi connectivity index (χ0) is 12.4. The molecule has 1 aromatic carbocycles. The standard InChI is InChI=1S/C14H17NO3/c16-13-3-1-2-12-8-11(10-18-14(12)13)9-15-4-6-17-7-5-15/h1-3,8,16H,4-7,9-10H2. The molecule has 0 spiro atoms. The highest BCUT2D eigenvalue weighted by Gasteiger charge is 2.17. The van der Waals surface area contributed by atoms with E-state index in [4.69, 9.17) is 9.47 Å². The smallest absolute Gasteiger partial charge is 0.168 e. The maximum atomic E-state index is 9.68. The van der Waals surface area contributed by atoms with Gasteiger partial charge in [-0.2, -0.15) is 0 Å². The largest absolute Gasteiger partial charge is 0.504 e. The second-order valence-electron chi connectivity index (χ2n) is 4.68. The molecular weight excluding hydrogens is 230 g/mol. The molecule has 1 saturated heterocycles. The van der Waals surface area contributed by atoms with E-state index >= 15 is 0 Å². The Labute approximate surface area is 106 Å². The Balaban J connectivity index is 1.74. The fourth-order valence-electron chi connectivity index (χ4n) is 2.38. The first-order valence-electron chi connectivity index (χ1n) is 6.27. The number of hydrogen-bond donors (Lipinski definition) is 1. The summed E-state index contributed by atoms with van der Waals surface area (Å²) in [5.74, 6) is 0.817. The van der Waals surface area contributed by atoms with Gasteiger partial charge in [0.1, 0.15) is 6.61 Å². The van der Waals surface area contributed by atoms with Crippen molar-refractivity contribution < 1.29 is 14.6 Å². The summed E-state index contributed by atoms with van der Waals surface area (Å²) >= 11 is 0. The molecule has 3 rings (SSSR count). The molecular formula is C14H17NO3. The Morgan fingerprint density at radius 1 is 1.22 bits per heavy atom. The first-order valence-corrected chi connectivity index (χ1v) is 6.27. The molecule has 0 amide bonds. The lowest BCUT2D eigenvalue weighted by atomic mass is 10.1. The predicted molar refractivity (Wildman–Crippen MR) is 68.8 cm³/mol. The van der Waals surface area contributed by atoms with Crippen LogP contribution < -0.4 is 4.74 Å². The van der Waals surface area contributed by atoms with Crippen LogP contribution in [-0.4, -0.2) is 49.5 Å². The molecule has 18 heavy (non-hydrogen) atoms. The molecule has 0 bridgehead atoms. The van der Waals surface area contributed by atoms with Crippen LogP contribution >= 0.6 is 0 Å². The summed E-state index contributed by atoms with van der Waals surface area (Å²) in [5, 5.41) is 9.68. The fourth-order valence-corrected chi connectivity index (χ4v) is 2.38. The normalized spacial score (nSPS) is 19.9. The summed E-state index contributed by atoms with van der Waals surface area (Å²) in [7, 11) is 0. The van der Waals surface area contributed by atoms with Crippen molar-refractivity contribution in [3.05, 3.63) is 29.3 Å². The molecule has 2 aliphatic rings. The van der Waals surface area contributed by atoms with Crippen molar-refractivity contribution in [1.29, 1.82) is 0 Å². The highest BCUT2D eigenvalue weighted by Crippen LogP contribution is 2.34. The van der Waals surface area contributed by atoms with Gasteiger partial charge in [-0.15, -0.1) is 0 Å². The van der Waals surface area contributed by atoms with E-state index in [1.807, 2.05) is 12.1 Å². The van der Waals surface area contributed by atoms with Crippen LogP contribution in [0.25, 0.3) is 6.08 Å². The fraction of sp³-hybridized carbons (Fsp3) is 0.429. The number of phenols is 1. The second-order valence-corrected chi connectivity index (χ2v) is 4.68. The molecule has 0 saturated carbocycles. The van der Waals surface area contributed by atoms with Gasteiger partial charge in [0, 0.05) is 25.2 Å². The van der Waals surface area contributed by atoms with Gasteiger partial charge in [0.2, 0.25) is 0 Å². The Morgan fingerprint density at radius 2 is 2.06 bits per heavy atom. The Morgan fingerprint density at radius 3 is 2.89 bits per heavy atom. The monoisotopic (exact) mass is 247 g/mol. The molecule has 2 heterocycles. The number of benzene rings is 1. The number of nitrogens with zero attached hydrogens (tertiary/aromatic N) is 1. The number of morpholine rings is 1. The van der Waals surface area contributed by atoms with Crippen LogP contribution in [0.4, 0.5) is 0 Å². The highest BCUT2D eigenvalue weighted by molar-refractivity contribution is 5.66. The first-order chi connectivity index (χ1) is 8.83. The highest BCUT2D eigenvalue weighted by atomic mass is 16.5. The lowest BCUT2D eigenvalue weighted by Crippen LogP contribution is -2.38. The van der Waals surface area contributed by atoms with Gasteiger partial charge in [-0.25, -0.2) is 0 Å². The average Bonchev–Trinajstić information content (AvgIpc) is 2.40. The molecule has 4 heteroatoms. The van der Waals surface area contributed by atoms with E-state index in [9.17, 15) is 5.11 Å². The van der Waals surface area contributed by atoms with Crippen LogP contribution in [0.15, 0.2) is 23.8 Å². The number of aromatic hydroxyl groups is 1. The average molecular weight is 247 g/mol. The van der Waals surface area contributed by atoms with E-state index in [0.29, 0.717) is 12.4 Å². The van der Waals surface area contributed by atoms with Gasteiger partial charge >= 0.3 is 0 Å². The molecule has 2 aliphatic heterocycles. The van der Waals surface area contributed by atoms with Crippen LogP contribution in [0.2, 0.25) is 0 Å². The van der Waals surface area contributed by atoms with Gasteiger partial charge in [-0.3, -0.25) is 4.90 Å². The minimum Gasteiger partial charge on any atom is -0.504 e. The number of phenolic OH excluding ortho intramolecular Hbond substituents is 1. The molecule has 0 unspecified atom stereocenters. The maximum absolute atomic E-state index is 9.68. The second kappa shape index (κ2) is 5.00. The zero-order valence-corrected chi connectivity index (χ0v) is 10.3. The first kappa shape index (κ1) is 11.6. The van der Waals surface area contributed by atoms with E-state index in [-0.39, 0.29) is 5.75 Å². The van der Waals surface area contributed by atoms with Crippen molar-refractivity contribution in [3.63, 3.8) is 0 Å². The van der Waals surface area contributed by atoms with E-state index in [2.05, 4.69) is 11.0 Å². The Bertz CT molecular complexity index is 464. The molecule has 1 aromatic rings. The number of fused-ring (bicyclic) bond motifs is 1. The number of para-hydroxylation sites is 1. The summed E-state index contributed by atoms with van der Waals surface area (Å²) in [6.07, 6.45) is 2.12. The molecule has 1 fully saturated rings. The SMILES string of the molecule is Oc1cccc2c1OCC(CN1CCOCC1)=C2. The summed E-state index contributed by atoms with van der Waals surface area (Å²) in [4.78, 5) is 2.37. The Kier molecular flexibility index (Phi) is 3.21. The minimum atomic E-state index is 0.217. The predicted octanol–water partition coefficient (Wildman–Crippen LogP) is 1.50. The van der Waals surface area contributed by atoms with E-state index in [0.717, 1.165) is 38.4 Å². The third-order valence-electron chi connectivity index (χ3n) is 3.32. The number of rotatable bonds is 2. The van der Waals surface area contributed by atoms with Crippen LogP contribution in [0.3, 0.4) is 0 Å². The quantitative estimate of drug-likeness (QED) is 0.860. The van der Waals surface area contributed by atoms with Gasteiger partial charge in [-0.1, -0.05) is 12.1 Å². The molecule has 0 aromatic heterocycles. The summed E-state index contributed by atoms with van der Waals surface area (Å²) in [6, 6.07) is 5.46. The lowest BCUT2D eigenvalue weighted by molar-refractivity contribution is 0.0414. The van der Waals surface area contributed by atoms with Gasteiger partial charge in [0.15, 0.2) is 11.5 Å². The van der Waals surface area contributed by atoms with Crippen molar-refractivity contribution in [3.8, 4) is 11.5 Å². The van der Waals surface area contributed by atoms with Gasteiger partial charge < -0.3 is 14.6 Å². The summed E-state index contributed by atoms with van der Waals surface area (Å²) in [6.45, 7) is 5.05. The lowest BCUT2D eigenvalue weighted by Gasteiger charge is -2.29. The Hall–Kier alpha value is -1.52. The molecule has 0 atom stereocenters. The summed E-state index contributed by atoms with van der Waals surface area (Å²) < 4.78 is 11.0. The molecule has 0 radical (unpaired) electrons. The third kappa shape index (κ3) is 2.35. The third-order valence-corrected chi connectivity index (χ3v) is 3.32. The van der Waals surface area contributed by atoms with E-state index in [1.165, 1.54) is 5.57 Å². The van der Waals surface area contributed by atoms with E-state index < -0.39 is 0 Å². The molecule has 96 valence electrons. The van der Waals surface area contributed by atoms with Crippen molar-refractivity contribution in [1.82, 2.24) is 4.90 Å². The van der Waals surface area contributed by atoms with Crippen molar-refractivity contribution >= 4 is 6.08 Å². The van der Waals surface area contributed by atoms with Crippen molar-refractivity contribution in [2.45, 2.75) is 0 Å². The molecule has 1 N–H and O–H groups in total. The zero-order valence-electron chi connectivity index (χ0n) is 10.3. The maximum Gasteiger partial charge on any atom is 0.168 e. The van der Waals surface area contributed by atoms with Crippen LogP contribution in [0.5, 0.6) is 11.5 Å². The van der Waals surface area contributed by atoms with Crippen LogP contribution in [-0.2, 0) is 4.74 Å². The number of hydrogen-bond acceptors (Lipinski definition) is 4. The van der Waals surface area contributed by atoms with Gasteiger partial charge in [0.05, 0.1) is 13.2 Å². The minimum absolute atomic E-state index is 0.217. The van der Waals surface area contributed by atoms with E-state index in [1.54, 1.807) is 6.07 Å². The van der Waals surface area contributed by atoms with Crippen LogP contribution in [0, 0.1) is 0 Å². The van der Waals surface area contributed by atoms with Crippen molar-refractivity contribution in [2.75, 3.05) is 39.5 Å². The topological polar surface area (TPSA) is 41.9 Å². The van der Waals surface area contributed by atoms with Crippen LogP contribution in [0.1, 0.15) is 5.56 Å².